The number of aryl methyl sites for hydroxylation is 2. The third-order valence-electron chi connectivity index (χ3n) is 2.66. The van der Waals surface area contributed by atoms with Crippen molar-refractivity contribution in [3.05, 3.63) is 23.5 Å². The lowest BCUT2D eigenvalue weighted by molar-refractivity contribution is 0.697. The lowest BCUT2D eigenvalue weighted by Crippen LogP contribution is -2.14. The van der Waals surface area contributed by atoms with Crippen LogP contribution in [-0.4, -0.2) is 21.3 Å². The molecular weight excluding hydrogens is 214 g/mol. The Labute approximate surface area is 100 Å². The smallest absolute Gasteiger partial charge is 0.157 e. The zero-order chi connectivity index (χ0) is 12.3. The van der Waals surface area contributed by atoms with E-state index in [0.717, 1.165) is 28.8 Å². The van der Waals surface area contributed by atoms with Gasteiger partial charge in [-0.15, -0.1) is 0 Å². The highest BCUT2D eigenvalue weighted by atomic mass is 15.3. The highest BCUT2D eigenvalue weighted by molar-refractivity contribution is 5.78. The molecule has 0 amide bonds. The number of nitrogens with one attached hydrogen (secondary N) is 1. The fourth-order valence-corrected chi connectivity index (χ4v) is 1.82. The maximum atomic E-state index is 8.43. The summed E-state index contributed by atoms with van der Waals surface area (Å²) >= 11 is 0. The molecule has 0 aromatic carbocycles. The third-order valence-corrected chi connectivity index (χ3v) is 2.66. The van der Waals surface area contributed by atoms with Crippen molar-refractivity contribution in [2.24, 2.45) is 7.05 Å². The predicted octanol–water partition coefficient (Wildman–Crippen LogP) is 1.28. The van der Waals surface area contributed by atoms with Crippen molar-refractivity contribution in [3.8, 4) is 6.07 Å². The summed E-state index contributed by atoms with van der Waals surface area (Å²) in [6, 6.07) is 4.21. The Morgan fingerprint density at radius 2 is 2.35 bits per heavy atom. The van der Waals surface area contributed by atoms with Gasteiger partial charge in [0.05, 0.1) is 11.8 Å². The second-order valence-electron chi connectivity index (χ2n) is 4.01. The molecule has 0 atom stereocenters. The molecule has 5 heteroatoms. The first-order valence-corrected chi connectivity index (χ1v) is 5.58. The van der Waals surface area contributed by atoms with E-state index >= 15 is 0 Å². The summed E-state index contributed by atoms with van der Waals surface area (Å²) in [6.45, 7) is 3.43. The van der Waals surface area contributed by atoms with Crippen LogP contribution in [0, 0.1) is 18.3 Å². The Morgan fingerprint density at radius 1 is 1.53 bits per heavy atom. The Morgan fingerprint density at radius 3 is 3.12 bits per heavy atom. The van der Waals surface area contributed by atoms with E-state index in [1.54, 1.807) is 4.68 Å². The van der Waals surface area contributed by atoms with E-state index in [-0.39, 0.29) is 0 Å². The van der Waals surface area contributed by atoms with Crippen molar-refractivity contribution in [3.63, 3.8) is 0 Å². The van der Waals surface area contributed by atoms with Gasteiger partial charge in [0.15, 0.2) is 5.65 Å². The van der Waals surface area contributed by atoms with Crippen LogP contribution in [0.3, 0.4) is 0 Å². The zero-order valence-corrected chi connectivity index (χ0v) is 10.1. The molecule has 0 saturated heterocycles. The molecular formula is C12H15N5. The van der Waals surface area contributed by atoms with Gasteiger partial charge in [-0.3, -0.25) is 4.68 Å². The van der Waals surface area contributed by atoms with Crippen LogP contribution in [0.15, 0.2) is 12.3 Å². The summed E-state index contributed by atoms with van der Waals surface area (Å²) in [5.41, 5.74) is 3.02. The average Bonchev–Trinajstić information content (AvgIpc) is 2.61. The molecule has 2 aromatic rings. The SMILES string of the molecule is Cc1nn(C)c2ncc(CNCCC#N)cc12. The third kappa shape index (κ3) is 2.43. The second-order valence-corrected chi connectivity index (χ2v) is 4.01. The molecule has 0 aliphatic heterocycles. The fourth-order valence-electron chi connectivity index (χ4n) is 1.82. The average molecular weight is 229 g/mol. The van der Waals surface area contributed by atoms with Gasteiger partial charge in [-0.25, -0.2) is 4.98 Å². The van der Waals surface area contributed by atoms with Gasteiger partial charge in [0.1, 0.15) is 0 Å². The number of rotatable bonds is 4. The van der Waals surface area contributed by atoms with Crippen LogP contribution in [0.5, 0.6) is 0 Å². The molecule has 1 N–H and O–H groups in total. The van der Waals surface area contributed by atoms with E-state index in [9.17, 15) is 0 Å². The van der Waals surface area contributed by atoms with Crippen molar-refractivity contribution in [1.82, 2.24) is 20.1 Å². The Bertz CT molecular complexity index is 564. The van der Waals surface area contributed by atoms with Crippen LogP contribution < -0.4 is 5.32 Å². The lowest BCUT2D eigenvalue weighted by atomic mass is 10.2. The van der Waals surface area contributed by atoms with Crippen LogP contribution in [0.4, 0.5) is 0 Å². The van der Waals surface area contributed by atoms with Crippen molar-refractivity contribution in [1.29, 1.82) is 5.26 Å². The highest BCUT2D eigenvalue weighted by Crippen LogP contribution is 2.16. The van der Waals surface area contributed by atoms with Crippen LogP contribution in [0.25, 0.3) is 11.0 Å². The normalized spacial score (nSPS) is 10.6. The van der Waals surface area contributed by atoms with Gasteiger partial charge in [0.2, 0.25) is 0 Å². The van der Waals surface area contributed by atoms with Crippen LogP contribution >= 0.6 is 0 Å². The number of hydrogen-bond donors (Lipinski definition) is 1. The first-order valence-electron chi connectivity index (χ1n) is 5.58. The predicted molar refractivity (Wildman–Crippen MR) is 65.2 cm³/mol. The monoisotopic (exact) mass is 229 g/mol. The molecule has 88 valence electrons. The zero-order valence-electron chi connectivity index (χ0n) is 10.1. The Kier molecular flexibility index (Phi) is 3.35. The minimum Gasteiger partial charge on any atom is -0.312 e. The van der Waals surface area contributed by atoms with Gasteiger partial charge in [-0.05, 0) is 18.6 Å². The van der Waals surface area contributed by atoms with Crippen LogP contribution in [0.1, 0.15) is 17.7 Å². The van der Waals surface area contributed by atoms with Crippen molar-refractivity contribution in [2.75, 3.05) is 6.54 Å². The molecule has 0 bridgehead atoms. The van der Waals surface area contributed by atoms with Gasteiger partial charge in [0.25, 0.3) is 0 Å². The molecule has 0 unspecified atom stereocenters. The topological polar surface area (TPSA) is 66.5 Å². The summed E-state index contributed by atoms with van der Waals surface area (Å²) in [7, 11) is 1.90. The fraction of sp³-hybridized carbons (Fsp3) is 0.417. The van der Waals surface area contributed by atoms with E-state index in [1.807, 2.05) is 20.2 Å². The van der Waals surface area contributed by atoms with Gasteiger partial charge in [-0.1, -0.05) is 0 Å². The van der Waals surface area contributed by atoms with E-state index in [0.29, 0.717) is 13.0 Å². The maximum Gasteiger partial charge on any atom is 0.157 e. The first-order chi connectivity index (χ1) is 8.22. The lowest BCUT2D eigenvalue weighted by Gasteiger charge is -2.02. The van der Waals surface area contributed by atoms with Crippen LogP contribution in [-0.2, 0) is 13.6 Å². The molecule has 17 heavy (non-hydrogen) atoms. The second kappa shape index (κ2) is 4.93. The van der Waals surface area contributed by atoms with Crippen molar-refractivity contribution >= 4 is 11.0 Å². The number of pyridine rings is 1. The molecule has 2 aromatic heterocycles. The molecule has 5 nitrogen and oxygen atoms in total. The first kappa shape index (κ1) is 11.6. The summed E-state index contributed by atoms with van der Waals surface area (Å²) in [6.07, 6.45) is 2.38. The maximum absolute atomic E-state index is 8.43. The highest BCUT2D eigenvalue weighted by Gasteiger charge is 2.06. The number of hydrogen-bond acceptors (Lipinski definition) is 4. The number of fused-ring (bicyclic) bond motifs is 1. The summed E-state index contributed by atoms with van der Waals surface area (Å²) in [5.74, 6) is 0. The van der Waals surface area contributed by atoms with E-state index in [2.05, 4.69) is 27.5 Å². The minimum atomic E-state index is 0.529. The van der Waals surface area contributed by atoms with Gasteiger partial charge in [-0.2, -0.15) is 10.4 Å². The van der Waals surface area contributed by atoms with E-state index in [1.165, 1.54) is 0 Å². The molecule has 0 saturated carbocycles. The molecule has 0 aliphatic carbocycles. The van der Waals surface area contributed by atoms with Crippen LogP contribution in [0.2, 0.25) is 0 Å². The largest absolute Gasteiger partial charge is 0.312 e. The molecule has 0 spiro atoms. The van der Waals surface area contributed by atoms with Gasteiger partial charge in [0, 0.05) is 38.1 Å². The van der Waals surface area contributed by atoms with E-state index < -0.39 is 0 Å². The van der Waals surface area contributed by atoms with Gasteiger partial charge >= 0.3 is 0 Å². The van der Waals surface area contributed by atoms with E-state index in [4.69, 9.17) is 5.26 Å². The molecule has 2 rings (SSSR count). The number of nitrogens with zero attached hydrogens (tertiary/aromatic N) is 4. The number of aromatic nitrogens is 3. The minimum absolute atomic E-state index is 0.529. The Hall–Kier alpha value is -1.93. The summed E-state index contributed by atoms with van der Waals surface area (Å²) in [4.78, 5) is 4.40. The Balaban J connectivity index is 2.15. The molecule has 0 aliphatic rings. The van der Waals surface area contributed by atoms with Gasteiger partial charge < -0.3 is 5.32 Å². The summed E-state index contributed by atoms with van der Waals surface area (Å²) in [5, 5.41) is 17.1. The molecule has 0 fully saturated rings. The number of nitriles is 1. The molecule has 0 radical (unpaired) electrons. The summed E-state index contributed by atoms with van der Waals surface area (Å²) < 4.78 is 1.79. The van der Waals surface area contributed by atoms with Crippen molar-refractivity contribution < 1.29 is 0 Å². The van der Waals surface area contributed by atoms with Crippen molar-refractivity contribution in [2.45, 2.75) is 19.9 Å². The molecule has 2 heterocycles. The quantitative estimate of drug-likeness (QED) is 0.802. The standard InChI is InChI=1S/C12H15N5/c1-9-11-6-10(7-14-5-3-4-13)8-15-12(11)17(2)16-9/h6,8,14H,3,5,7H2,1-2H3.